The van der Waals surface area contributed by atoms with Crippen LogP contribution in [0.2, 0.25) is 5.02 Å². The van der Waals surface area contributed by atoms with Crippen LogP contribution in [0.25, 0.3) is 0 Å². The predicted molar refractivity (Wildman–Crippen MR) is 88.1 cm³/mol. The highest BCUT2D eigenvalue weighted by molar-refractivity contribution is 6.37. The molecule has 27 heavy (non-hydrogen) atoms. The fourth-order valence-corrected chi connectivity index (χ4v) is 3.25. The second-order valence-corrected chi connectivity index (χ2v) is 6.29. The smallest absolute Gasteiger partial charge is 0.381 e. The predicted octanol–water partition coefficient (Wildman–Crippen LogP) is 3.05. The molecule has 0 bridgehead atoms. The summed E-state index contributed by atoms with van der Waals surface area (Å²) in [6.07, 6.45) is -5.23. The highest BCUT2D eigenvalue weighted by atomic mass is 35.5. The topological polar surface area (TPSA) is 71.9 Å². The van der Waals surface area contributed by atoms with E-state index in [-0.39, 0.29) is 16.4 Å². The molecule has 0 aliphatic carbocycles. The van der Waals surface area contributed by atoms with Gasteiger partial charge in [0, 0.05) is 6.20 Å². The Morgan fingerprint density at radius 1 is 1.11 bits per heavy atom. The van der Waals surface area contributed by atoms with Gasteiger partial charge in [0.25, 0.3) is 5.91 Å². The third-order valence-electron chi connectivity index (χ3n) is 4.24. The van der Waals surface area contributed by atoms with Gasteiger partial charge in [-0.25, -0.2) is 4.90 Å². The lowest BCUT2D eigenvalue weighted by molar-refractivity contribution is -0.137. The molecule has 1 aromatic carbocycles. The minimum atomic E-state index is -4.62. The number of anilines is 1. The third kappa shape index (κ3) is 2.74. The first-order valence-electron chi connectivity index (χ1n) is 7.68. The quantitative estimate of drug-likeness (QED) is 0.733. The highest BCUT2D eigenvalue weighted by Crippen LogP contribution is 2.37. The molecule has 1 saturated heterocycles. The zero-order valence-electron chi connectivity index (χ0n) is 13.3. The van der Waals surface area contributed by atoms with Crippen LogP contribution in [0.4, 0.5) is 18.9 Å². The van der Waals surface area contributed by atoms with E-state index < -0.39 is 35.6 Å². The zero-order chi connectivity index (χ0) is 19.3. The minimum Gasteiger partial charge on any atom is -0.381 e. The molecule has 0 unspecified atom stereocenters. The molecule has 0 N–H and O–H groups in total. The van der Waals surface area contributed by atoms with Crippen LogP contribution in [-0.4, -0.2) is 28.6 Å². The maximum absolute atomic E-state index is 12.8. The van der Waals surface area contributed by atoms with Gasteiger partial charge in [0.1, 0.15) is 17.3 Å². The molecule has 1 fully saturated rings. The third-order valence-corrected chi connectivity index (χ3v) is 4.53. The molecule has 2 aliphatic rings. The number of hydrogen-bond donors (Lipinski definition) is 0. The number of benzene rings is 1. The average Bonchev–Trinajstić information content (AvgIpc) is 3.15. The molecule has 4 rings (SSSR count). The number of para-hydroxylation sites is 1. The van der Waals surface area contributed by atoms with Crippen molar-refractivity contribution in [1.29, 1.82) is 0 Å². The lowest BCUT2D eigenvalue weighted by Gasteiger charge is -2.15. The normalized spacial score (nSPS) is 21.9. The maximum atomic E-state index is 12.8. The summed E-state index contributed by atoms with van der Waals surface area (Å²) in [5, 5.41) is 3.35. The SMILES string of the molecule is O=C1[C@@H]2C(c3ncc(C(F)(F)F)cc3Cl)=NO[C@@H]2C(=O)N1c1ccccc1. The van der Waals surface area contributed by atoms with Crippen LogP contribution in [0.15, 0.2) is 47.8 Å². The van der Waals surface area contributed by atoms with Crippen molar-refractivity contribution in [2.24, 2.45) is 11.1 Å². The van der Waals surface area contributed by atoms with Crippen molar-refractivity contribution in [3.63, 3.8) is 0 Å². The molecule has 3 heterocycles. The first-order valence-corrected chi connectivity index (χ1v) is 8.06. The summed E-state index contributed by atoms with van der Waals surface area (Å²) in [6, 6.07) is 8.90. The molecule has 2 amide bonds. The Balaban J connectivity index is 1.70. The number of pyridine rings is 1. The van der Waals surface area contributed by atoms with Crippen LogP contribution in [0.3, 0.4) is 0 Å². The number of halogens is 4. The van der Waals surface area contributed by atoms with Crippen molar-refractivity contribution in [3.8, 4) is 0 Å². The summed E-state index contributed by atoms with van der Waals surface area (Å²) >= 11 is 5.93. The molecular formula is C17H9ClF3N3O3. The summed E-state index contributed by atoms with van der Waals surface area (Å²) < 4.78 is 38.4. The van der Waals surface area contributed by atoms with Gasteiger partial charge >= 0.3 is 6.18 Å². The molecule has 0 saturated carbocycles. The van der Waals surface area contributed by atoms with Crippen molar-refractivity contribution in [2.75, 3.05) is 4.90 Å². The van der Waals surface area contributed by atoms with Gasteiger partial charge in [0.2, 0.25) is 12.0 Å². The van der Waals surface area contributed by atoms with E-state index in [4.69, 9.17) is 16.4 Å². The highest BCUT2D eigenvalue weighted by Gasteiger charge is 2.56. The summed E-state index contributed by atoms with van der Waals surface area (Å²) in [4.78, 5) is 35.1. The number of hydrogen-bond acceptors (Lipinski definition) is 5. The van der Waals surface area contributed by atoms with Crippen LogP contribution in [-0.2, 0) is 20.6 Å². The Hall–Kier alpha value is -2.94. The van der Waals surface area contributed by atoms with E-state index in [0.29, 0.717) is 18.0 Å². The van der Waals surface area contributed by atoms with E-state index in [1.54, 1.807) is 30.3 Å². The Labute approximate surface area is 155 Å². The monoisotopic (exact) mass is 395 g/mol. The molecule has 2 aromatic rings. The van der Waals surface area contributed by atoms with Crippen LogP contribution < -0.4 is 4.90 Å². The van der Waals surface area contributed by atoms with Crippen LogP contribution in [0.1, 0.15) is 11.3 Å². The zero-order valence-corrected chi connectivity index (χ0v) is 14.0. The second kappa shape index (κ2) is 6.05. The summed E-state index contributed by atoms with van der Waals surface area (Å²) in [5.74, 6) is -2.34. The number of carbonyl (C=O) groups is 2. The number of fused-ring (bicyclic) bond motifs is 1. The standard InChI is InChI=1S/C17H9ClF3N3O3/c18-10-6-8(17(19,20)21)7-22-12(10)13-11-14(27-23-13)16(26)24(15(11)25)9-4-2-1-3-5-9/h1-7,11,14H/t11-,14+/m1/s1. The molecule has 2 aliphatic heterocycles. The van der Waals surface area contributed by atoms with Gasteiger partial charge in [0.15, 0.2) is 0 Å². The van der Waals surface area contributed by atoms with Gasteiger partial charge < -0.3 is 4.84 Å². The number of alkyl halides is 3. The Morgan fingerprint density at radius 2 is 1.81 bits per heavy atom. The number of imide groups is 1. The van der Waals surface area contributed by atoms with E-state index in [1.165, 1.54) is 0 Å². The van der Waals surface area contributed by atoms with E-state index >= 15 is 0 Å². The molecular weight excluding hydrogens is 387 g/mol. The Kier molecular flexibility index (Phi) is 3.92. The number of oxime groups is 1. The number of nitrogens with zero attached hydrogens (tertiary/aromatic N) is 3. The minimum absolute atomic E-state index is 0.0736. The van der Waals surface area contributed by atoms with Crippen molar-refractivity contribution in [1.82, 2.24) is 4.98 Å². The van der Waals surface area contributed by atoms with Gasteiger partial charge in [-0.2, -0.15) is 13.2 Å². The lowest BCUT2D eigenvalue weighted by atomic mass is 9.96. The molecule has 0 spiro atoms. The summed E-state index contributed by atoms with van der Waals surface area (Å²) in [7, 11) is 0. The lowest BCUT2D eigenvalue weighted by Crippen LogP contribution is -2.33. The first-order chi connectivity index (χ1) is 12.8. The van der Waals surface area contributed by atoms with Gasteiger partial charge in [-0.3, -0.25) is 14.6 Å². The van der Waals surface area contributed by atoms with Crippen molar-refractivity contribution in [3.05, 3.63) is 58.9 Å². The summed E-state index contributed by atoms with van der Waals surface area (Å²) in [5.41, 5.74) is -0.882. The molecule has 10 heteroatoms. The Bertz CT molecular complexity index is 978. The van der Waals surface area contributed by atoms with E-state index in [1.807, 2.05) is 0 Å². The molecule has 2 atom stereocenters. The number of aromatic nitrogens is 1. The molecule has 1 aromatic heterocycles. The fourth-order valence-electron chi connectivity index (χ4n) is 2.99. The van der Waals surface area contributed by atoms with E-state index in [2.05, 4.69) is 10.1 Å². The number of carbonyl (C=O) groups excluding carboxylic acids is 2. The average molecular weight is 396 g/mol. The second-order valence-electron chi connectivity index (χ2n) is 5.88. The largest absolute Gasteiger partial charge is 0.417 e. The summed E-state index contributed by atoms with van der Waals surface area (Å²) in [6.45, 7) is 0. The molecule has 138 valence electrons. The van der Waals surface area contributed by atoms with E-state index in [0.717, 1.165) is 4.90 Å². The van der Waals surface area contributed by atoms with Gasteiger partial charge in [-0.15, -0.1) is 0 Å². The molecule has 0 radical (unpaired) electrons. The Morgan fingerprint density at radius 3 is 2.44 bits per heavy atom. The number of amides is 2. The molecule has 6 nitrogen and oxygen atoms in total. The maximum Gasteiger partial charge on any atom is 0.417 e. The van der Waals surface area contributed by atoms with Crippen LogP contribution in [0.5, 0.6) is 0 Å². The van der Waals surface area contributed by atoms with Crippen LogP contribution >= 0.6 is 11.6 Å². The number of rotatable bonds is 2. The van der Waals surface area contributed by atoms with Crippen molar-refractivity contribution in [2.45, 2.75) is 12.3 Å². The van der Waals surface area contributed by atoms with Crippen molar-refractivity contribution < 1.29 is 27.6 Å². The first kappa shape index (κ1) is 17.5. The van der Waals surface area contributed by atoms with Crippen LogP contribution in [0, 0.1) is 5.92 Å². The van der Waals surface area contributed by atoms with Gasteiger partial charge in [-0.1, -0.05) is 35.0 Å². The van der Waals surface area contributed by atoms with E-state index in [9.17, 15) is 22.8 Å². The van der Waals surface area contributed by atoms with Gasteiger partial charge in [-0.05, 0) is 18.2 Å². The van der Waals surface area contributed by atoms with Crippen molar-refractivity contribution >= 4 is 34.8 Å². The van der Waals surface area contributed by atoms with Gasteiger partial charge in [0.05, 0.1) is 16.3 Å². The fraction of sp³-hybridized carbons (Fsp3) is 0.176.